The van der Waals surface area contributed by atoms with Crippen LogP contribution in [-0.2, 0) is 0 Å². The van der Waals surface area contributed by atoms with Gasteiger partial charge in [-0.15, -0.1) is 0 Å². The molecular weight excluding hydrogens is 336 g/mol. The number of hydrogen-bond donors (Lipinski definition) is 0. The van der Waals surface area contributed by atoms with Crippen LogP contribution in [-0.4, -0.2) is 0 Å². The highest BCUT2D eigenvalue weighted by Gasteiger charge is 2.28. The second-order valence-electron chi connectivity index (χ2n) is 10.6. The molecule has 28 heavy (non-hydrogen) atoms. The maximum absolute atomic E-state index is 2.53. The van der Waals surface area contributed by atoms with Gasteiger partial charge in [0.05, 0.1) is 0 Å². The van der Waals surface area contributed by atoms with Crippen LogP contribution in [0.15, 0.2) is 45.6 Å². The van der Waals surface area contributed by atoms with Crippen LogP contribution in [0.3, 0.4) is 0 Å². The molecule has 0 saturated carbocycles. The van der Waals surface area contributed by atoms with Crippen LogP contribution >= 0.6 is 0 Å². The van der Waals surface area contributed by atoms with E-state index in [2.05, 4.69) is 74.5 Å². The molecule has 0 saturated heterocycles. The van der Waals surface area contributed by atoms with Crippen molar-refractivity contribution in [3.63, 3.8) is 0 Å². The van der Waals surface area contributed by atoms with Gasteiger partial charge in [-0.1, -0.05) is 94.1 Å². The van der Waals surface area contributed by atoms with Gasteiger partial charge in [0.2, 0.25) is 0 Å². The van der Waals surface area contributed by atoms with Gasteiger partial charge in [0.15, 0.2) is 0 Å². The summed E-state index contributed by atoms with van der Waals surface area (Å²) < 4.78 is 0. The van der Waals surface area contributed by atoms with Gasteiger partial charge < -0.3 is 0 Å². The minimum Gasteiger partial charge on any atom is -0.0668 e. The van der Waals surface area contributed by atoms with Gasteiger partial charge >= 0.3 is 0 Å². The number of unbranched alkanes of at least 4 members (excludes halogenated alkanes) is 1. The highest BCUT2D eigenvalue weighted by Crippen LogP contribution is 2.42. The molecule has 0 aromatic rings. The van der Waals surface area contributed by atoms with Crippen molar-refractivity contribution < 1.29 is 0 Å². The molecule has 2 aliphatic rings. The lowest BCUT2D eigenvalue weighted by molar-refractivity contribution is 0.390. The SMILES string of the molecule is CCC(C)(C)C1=C(C)C=C(CCCCC2=C(C)C=C(C(C)C)C(C)C2)C(C)C1. The molecule has 158 valence electrons. The lowest BCUT2D eigenvalue weighted by Crippen LogP contribution is -2.20. The molecule has 0 aliphatic heterocycles. The van der Waals surface area contributed by atoms with Crippen molar-refractivity contribution in [2.75, 3.05) is 0 Å². The minimum absolute atomic E-state index is 0.352. The maximum atomic E-state index is 2.53. The zero-order valence-electron chi connectivity index (χ0n) is 20.3. The standard InChI is InChI=1S/C28H46/c1-10-28(8,9)27-18-21(5)25(16-23(27)7)14-12-11-13-24-15-22(6)26(19(2)3)17-20(24)4/h16-17,19,21-22H,10-15,18H2,1-9H3. The Bertz CT molecular complexity index is 675. The normalized spacial score (nSPS) is 24.1. The van der Waals surface area contributed by atoms with Crippen LogP contribution in [0.5, 0.6) is 0 Å². The predicted molar refractivity (Wildman–Crippen MR) is 127 cm³/mol. The number of allylic oxidation sites excluding steroid dienone is 8. The summed E-state index contributed by atoms with van der Waals surface area (Å²) in [6.45, 7) is 21.4. The van der Waals surface area contributed by atoms with E-state index in [9.17, 15) is 0 Å². The van der Waals surface area contributed by atoms with Gasteiger partial charge in [0, 0.05) is 0 Å². The summed E-state index contributed by atoms with van der Waals surface area (Å²) in [7, 11) is 0. The second kappa shape index (κ2) is 9.64. The smallest absolute Gasteiger partial charge is 0.0141 e. The molecule has 0 aromatic heterocycles. The summed E-state index contributed by atoms with van der Waals surface area (Å²) in [4.78, 5) is 0. The molecule has 2 atom stereocenters. The molecule has 0 spiro atoms. The molecule has 0 heterocycles. The average molecular weight is 383 g/mol. The van der Waals surface area contributed by atoms with Gasteiger partial charge in [-0.2, -0.15) is 0 Å². The molecule has 2 unspecified atom stereocenters. The Morgan fingerprint density at radius 3 is 2.18 bits per heavy atom. The Hall–Kier alpha value is -1.04. The molecular formula is C28H46. The first-order valence-electron chi connectivity index (χ1n) is 11.9. The highest BCUT2D eigenvalue weighted by molar-refractivity contribution is 5.37. The zero-order valence-corrected chi connectivity index (χ0v) is 20.3. The van der Waals surface area contributed by atoms with Gasteiger partial charge in [-0.3, -0.25) is 0 Å². The molecule has 0 N–H and O–H groups in total. The van der Waals surface area contributed by atoms with E-state index in [4.69, 9.17) is 0 Å². The second-order valence-corrected chi connectivity index (χ2v) is 10.6. The van der Waals surface area contributed by atoms with Crippen molar-refractivity contribution in [3.8, 4) is 0 Å². The molecule has 0 radical (unpaired) electrons. The Kier molecular flexibility index (Phi) is 8.00. The van der Waals surface area contributed by atoms with Crippen LogP contribution in [0.2, 0.25) is 0 Å². The van der Waals surface area contributed by atoms with Crippen molar-refractivity contribution in [2.45, 2.75) is 107 Å². The molecule has 0 fully saturated rings. The Balaban J connectivity index is 1.94. The van der Waals surface area contributed by atoms with Crippen molar-refractivity contribution in [1.29, 1.82) is 0 Å². The third kappa shape index (κ3) is 5.52. The molecule has 0 heteroatoms. The largest absolute Gasteiger partial charge is 0.0668 e. The van der Waals surface area contributed by atoms with E-state index in [-0.39, 0.29) is 0 Å². The van der Waals surface area contributed by atoms with Gasteiger partial charge in [0.1, 0.15) is 0 Å². The molecule has 0 nitrogen and oxygen atoms in total. The van der Waals surface area contributed by atoms with E-state index in [0.29, 0.717) is 11.3 Å². The Morgan fingerprint density at radius 1 is 0.929 bits per heavy atom. The first kappa shape index (κ1) is 23.2. The number of hydrogen-bond acceptors (Lipinski definition) is 0. The van der Waals surface area contributed by atoms with Gasteiger partial charge in [0.25, 0.3) is 0 Å². The van der Waals surface area contributed by atoms with E-state index >= 15 is 0 Å². The third-order valence-electron chi connectivity index (χ3n) is 7.65. The van der Waals surface area contributed by atoms with Crippen LogP contribution < -0.4 is 0 Å². The molecule has 2 rings (SSSR count). The Morgan fingerprint density at radius 2 is 1.57 bits per heavy atom. The summed E-state index contributed by atoms with van der Waals surface area (Å²) in [5, 5.41) is 0. The van der Waals surface area contributed by atoms with Crippen molar-refractivity contribution >= 4 is 0 Å². The van der Waals surface area contributed by atoms with Crippen LogP contribution in [0.4, 0.5) is 0 Å². The van der Waals surface area contributed by atoms with Crippen molar-refractivity contribution in [3.05, 3.63) is 45.6 Å². The summed E-state index contributed by atoms with van der Waals surface area (Å²) >= 11 is 0. The molecule has 0 bridgehead atoms. The van der Waals surface area contributed by atoms with E-state index in [1.165, 1.54) is 44.9 Å². The van der Waals surface area contributed by atoms with Crippen LogP contribution in [0.1, 0.15) is 107 Å². The summed E-state index contributed by atoms with van der Waals surface area (Å²) in [6.07, 6.45) is 14.1. The van der Waals surface area contributed by atoms with E-state index in [0.717, 1.165) is 11.8 Å². The first-order chi connectivity index (χ1) is 13.1. The van der Waals surface area contributed by atoms with E-state index in [1.54, 1.807) is 33.4 Å². The van der Waals surface area contributed by atoms with E-state index < -0.39 is 0 Å². The fraction of sp³-hybridized carbons (Fsp3) is 0.714. The lowest BCUT2D eigenvalue weighted by Gasteiger charge is -2.34. The highest BCUT2D eigenvalue weighted by atomic mass is 14.3. The van der Waals surface area contributed by atoms with Crippen LogP contribution in [0.25, 0.3) is 0 Å². The molecule has 2 aliphatic carbocycles. The minimum atomic E-state index is 0.352. The summed E-state index contributed by atoms with van der Waals surface area (Å²) in [6, 6.07) is 0. The predicted octanol–water partition coefficient (Wildman–Crippen LogP) is 9.20. The van der Waals surface area contributed by atoms with Gasteiger partial charge in [-0.25, -0.2) is 0 Å². The first-order valence-corrected chi connectivity index (χ1v) is 11.9. The topological polar surface area (TPSA) is 0 Å². The number of rotatable bonds is 8. The van der Waals surface area contributed by atoms with E-state index in [1.807, 2.05) is 0 Å². The van der Waals surface area contributed by atoms with Crippen molar-refractivity contribution in [1.82, 2.24) is 0 Å². The monoisotopic (exact) mass is 382 g/mol. The fourth-order valence-corrected chi connectivity index (χ4v) is 5.29. The van der Waals surface area contributed by atoms with Crippen molar-refractivity contribution in [2.24, 2.45) is 23.2 Å². The molecule has 0 aromatic carbocycles. The summed E-state index contributed by atoms with van der Waals surface area (Å²) in [5.74, 6) is 2.13. The summed E-state index contributed by atoms with van der Waals surface area (Å²) in [5.41, 5.74) is 10.2. The third-order valence-corrected chi connectivity index (χ3v) is 7.65. The zero-order chi connectivity index (χ0) is 21.1. The lowest BCUT2D eigenvalue weighted by atomic mass is 9.71. The molecule has 0 amide bonds. The average Bonchev–Trinajstić information content (AvgIpc) is 2.63. The quantitative estimate of drug-likeness (QED) is 0.367. The van der Waals surface area contributed by atoms with Gasteiger partial charge in [-0.05, 0) is 82.0 Å². The van der Waals surface area contributed by atoms with Crippen LogP contribution in [0, 0.1) is 23.2 Å². The Labute approximate surface area is 176 Å². The maximum Gasteiger partial charge on any atom is -0.0141 e. The fourth-order valence-electron chi connectivity index (χ4n) is 5.29.